The molecule has 1 aromatic rings. The van der Waals surface area contributed by atoms with Gasteiger partial charge in [-0.1, -0.05) is 12.1 Å². The minimum Gasteiger partial charge on any atom is -0.466 e. The summed E-state index contributed by atoms with van der Waals surface area (Å²) >= 11 is 0. The average Bonchev–Trinajstić information content (AvgIpc) is 2.77. The van der Waals surface area contributed by atoms with Gasteiger partial charge in [-0.15, -0.1) is 0 Å². The van der Waals surface area contributed by atoms with Crippen LogP contribution in [-0.2, 0) is 30.2 Å². The Bertz CT molecular complexity index is 915. The first-order chi connectivity index (χ1) is 15.3. The summed E-state index contributed by atoms with van der Waals surface area (Å²) in [5.74, 6) is -2.41. The van der Waals surface area contributed by atoms with E-state index in [4.69, 9.17) is 19.9 Å². The van der Waals surface area contributed by atoms with Gasteiger partial charge in [0.1, 0.15) is 0 Å². The number of hydrogen-bond acceptors (Lipinski definition) is 9. The zero-order valence-electron chi connectivity index (χ0n) is 18.7. The Hall–Kier alpha value is -3.24. The van der Waals surface area contributed by atoms with Crippen molar-refractivity contribution in [3.05, 3.63) is 62.0 Å². The second-order valence-electron chi connectivity index (χ2n) is 7.27. The van der Waals surface area contributed by atoms with E-state index in [-0.39, 0.29) is 22.4 Å². The van der Waals surface area contributed by atoms with Crippen molar-refractivity contribution >= 4 is 17.6 Å². The smallest absolute Gasteiger partial charge is 0.336 e. The summed E-state index contributed by atoms with van der Waals surface area (Å²) in [5, 5.41) is 14.9. The van der Waals surface area contributed by atoms with Crippen molar-refractivity contribution in [1.29, 1.82) is 0 Å². The predicted octanol–water partition coefficient (Wildman–Crippen LogP) is 2.08. The molecular weight excluding hydrogens is 418 g/mol. The Kier molecular flexibility index (Phi) is 8.91. The highest BCUT2D eigenvalue weighted by Crippen LogP contribution is 2.42. The molecule has 0 amide bonds. The number of methoxy groups -OCH3 is 2. The maximum Gasteiger partial charge on any atom is 0.336 e. The van der Waals surface area contributed by atoms with Gasteiger partial charge in [0, 0.05) is 29.6 Å². The van der Waals surface area contributed by atoms with Gasteiger partial charge in [-0.2, -0.15) is 0 Å². The summed E-state index contributed by atoms with van der Waals surface area (Å²) < 4.78 is 15.3. The molecule has 1 aromatic carbocycles. The molecule has 1 aliphatic rings. The third-order valence-corrected chi connectivity index (χ3v) is 5.20. The largest absolute Gasteiger partial charge is 0.466 e. The van der Waals surface area contributed by atoms with Gasteiger partial charge in [-0.05, 0) is 38.8 Å². The lowest BCUT2D eigenvalue weighted by Crippen LogP contribution is -2.32. The van der Waals surface area contributed by atoms with E-state index in [2.05, 4.69) is 5.32 Å². The number of nitrogens with two attached hydrogens (primary N) is 1. The molecule has 2 rings (SSSR count). The van der Waals surface area contributed by atoms with Crippen LogP contribution in [0.4, 0.5) is 5.69 Å². The molecule has 0 fully saturated rings. The molecule has 0 radical (unpaired) electrons. The van der Waals surface area contributed by atoms with E-state index in [1.165, 1.54) is 20.3 Å². The van der Waals surface area contributed by atoms with Gasteiger partial charge >= 0.3 is 11.9 Å². The Labute approximate surface area is 186 Å². The fourth-order valence-corrected chi connectivity index (χ4v) is 3.69. The first-order valence-electron chi connectivity index (χ1n) is 10.2. The molecule has 3 N–H and O–H groups in total. The molecule has 0 atom stereocenters. The number of hydrogen-bond donors (Lipinski definition) is 2. The van der Waals surface area contributed by atoms with Gasteiger partial charge in [0.15, 0.2) is 0 Å². The van der Waals surface area contributed by atoms with E-state index in [1.807, 2.05) is 0 Å². The monoisotopic (exact) mass is 447 g/mol. The molecule has 174 valence electrons. The summed E-state index contributed by atoms with van der Waals surface area (Å²) in [6.07, 6.45) is 1.20. The number of nitrogens with one attached hydrogen (secondary N) is 1. The van der Waals surface area contributed by atoms with E-state index in [0.29, 0.717) is 43.1 Å². The lowest BCUT2D eigenvalue weighted by molar-refractivity contribution is -0.385. The number of esters is 2. The molecule has 0 aliphatic carbocycles. The first-order valence-corrected chi connectivity index (χ1v) is 10.2. The Morgan fingerprint density at radius 2 is 1.69 bits per heavy atom. The number of allylic oxidation sites excluding steroid dienone is 2. The number of nitro groups is 1. The SMILES string of the molecule is COC(=O)C1=C(C)NC(C)=C(C(=O)OC)C1c1ccc(CCOCCCN)cc1[N+](=O)[O-]. The van der Waals surface area contributed by atoms with Crippen LogP contribution in [0.5, 0.6) is 0 Å². The Morgan fingerprint density at radius 3 is 2.19 bits per heavy atom. The molecule has 32 heavy (non-hydrogen) atoms. The van der Waals surface area contributed by atoms with E-state index >= 15 is 0 Å². The second-order valence-corrected chi connectivity index (χ2v) is 7.27. The van der Waals surface area contributed by atoms with Crippen LogP contribution < -0.4 is 11.1 Å². The van der Waals surface area contributed by atoms with Gasteiger partial charge in [0.25, 0.3) is 5.69 Å². The highest BCUT2D eigenvalue weighted by atomic mass is 16.6. The maximum absolute atomic E-state index is 12.6. The molecular formula is C22H29N3O7. The number of nitrogens with zero attached hydrogens (tertiary/aromatic N) is 1. The van der Waals surface area contributed by atoms with Gasteiger partial charge in [-0.25, -0.2) is 9.59 Å². The normalized spacial score (nSPS) is 14.3. The van der Waals surface area contributed by atoms with Crippen LogP contribution in [0.2, 0.25) is 0 Å². The quantitative estimate of drug-likeness (QED) is 0.238. The van der Waals surface area contributed by atoms with E-state index in [0.717, 1.165) is 6.42 Å². The molecule has 0 aromatic heterocycles. The van der Waals surface area contributed by atoms with Gasteiger partial charge in [-0.3, -0.25) is 10.1 Å². The Balaban J connectivity index is 2.55. The van der Waals surface area contributed by atoms with E-state index in [1.54, 1.807) is 26.0 Å². The number of ether oxygens (including phenoxy) is 3. The minimum absolute atomic E-state index is 0.111. The van der Waals surface area contributed by atoms with Gasteiger partial charge in [0.05, 0.1) is 42.8 Å². The lowest BCUT2D eigenvalue weighted by atomic mass is 9.79. The minimum atomic E-state index is -1.02. The Morgan fingerprint density at radius 1 is 1.09 bits per heavy atom. The van der Waals surface area contributed by atoms with Crippen molar-refractivity contribution in [1.82, 2.24) is 5.32 Å². The summed E-state index contributed by atoms with van der Waals surface area (Å²) in [6, 6.07) is 4.74. The number of nitro benzene ring substituents is 1. The summed E-state index contributed by atoms with van der Waals surface area (Å²) in [6.45, 7) is 4.74. The first kappa shape index (κ1) is 25.0. The average molecular weight is 447 g/mol. The highest BCUT2D eigenvalue weighted by molar-refractivity contribution is 6.00. The summed E-state index contributed by atoms with van der Waals surface area (Å²) in [5.41, 5.74) is 7.23. The van der Waals surface area contributed by atoms with Crippen molar-refractivity contribution in [3.63, 3.8) is 0 Å². The third-order valence-electron chi connectivity index (χ3n) is 5.20. The maximum atomic E-state index is 12.6. The van der Waals surface area contributed by atoms with Crippen LogP contribution in [0.1, 0.15) is 37.3 Å². The van der Waals surface area contributed by atoms with Gasteiger partial charge < -0.3 is 25.3 Å². The second kappa shape index (κ2) is 11.4. The van der Waals surface area contributed by atoms with Crippen LogP contribution in [0, 0.1) is 10.1 Å². The van der Waals surface area contributed by atoms with E-state index in [9.17, 15) is 19.7 Å². The predicted molar refractivity (Wildman–Crippen MR) is 117 cm³/mol. The van der Waals surface area contributed by atoms with Crippen molar-refractivity contribution in [3.8, 4) is 0 Å². The van der Waals surface area contributed by atoms with Crippen molar-refractivity contribution < 1.29 is 28.7 Å². The molecule has 0 saturated carbocycles. The molecule has 10 heteroatoms. The molecule has 0 spiro atoms. The molecule has 0 bridgehead atoms. The van der Waals surface area contributed by atoms with Crippen molar-refractivity contribution in [2.75, 3.05) is 34.0 Å². The topological polar surface area (TPSA) is 143 Å². The highest BCUT2D eigenvalue weighted by Gasteiger charge is 2.40. The third kappa shape index (κ3) is 5.51. The van der Waals surface area contributed by atoms with Gasteiger partial charge in [0.2, 0.25) is 0 Å². The van der Waals surface area contributed by atoms with Crippen LogP contribution in [0.15, 0.2) is 40.7 Å². The fraction of sp³-hybridized carbons (Fsp3) is 0.455. The number of carbonyl (C=O) groups is 2. The number of dihydropyridines is 1. The van der Waals surface area contributed by atoms with Crippen LogP contribution in [0.25, 0.3) is 0 Å². The summed E-state index contributed by atoms with van der Waals surface area (Å²) in [7, 11) is 2.43. The number of benzene rings is 1. The molecule has 0 unspecified atom stereocenters. The van der Waals surface area contributed by atoms with Crippen LogP contribution in [0.3, 0.4) is 0 Å². The van der Waals surface area contributed by atoms with E-state index < -0.39 is 22.8 Å². The lowest BCUT2D eigenvalue weighted by Gasteiger charge is -2.29. The zero-order chi connectivity index (χ0) is 23.8. The standard InChI is InChI=1S/C22H29N3O7/c1-13-18(21(26)30-3)20(19(14(2)24-13)22(27)31-4)16-7-6-15(12-17(16)25(28)29)8-11-32-10-5-9-23/h6-7,12,20,24H,5,8-11,23H2,1-4H3. The number of rotatable bonds is 10. The van der Waals surface area contributed by atoms with Crippen molar-refractivity contribution in [2.45, 2.75) is 32.6 Å². The van der Waals surface area contributed by atoms with Crippen LogP contribution >= 0.6 is 0 Å². The zero-order valence-corrected chi connectivity index (χ0v) is 18.7. The van der Waals surface area contributed by atoms with Crippen molar-refractivity contribution in [2.24, 2.45) is 5.73 Å². The molecule has 10 nitrogen and oxygen atoms in total. The molecule has 1 heterocycles. The summed E-state index contributed by atoms with van der Waals surface area (Å²) in [4.78, 5) is 36.7. The van der Waals surface area contributed by atoms with Crippen LogP contribution in [-0.4, -0.2) is 50.8 Å². The number of carbonyl (C=O) groups excluding carboxylic acids is 2. The molecule has 0 saturated heterocycles. The fourth-order valence-electron chi connectivity index (χ4n) is 3.69. The molecule has 1 aliphatic heterocycles.